The summed E-state index contributed by atoms with van der Waals surface area (Å²) >= 11 is 6.43. The van der Waals surface area contributed by atoms with E-state index in [1.165, 1.54) is 22.1 Å². The average Bonchev–Trinajstić information content (AvgIpc) is 3.12. The summed E-state index contributed by atoms with van der Waals surface area (Å²) in [6, 6.07) is 6.94. The van der Waals surface area contributed by atoms with Crippen LogP contribution in [0.2, 0.25) is 5.02 Å². The minimum atomic E-state index is -3.32. The van der Waals surface area contributed by atoms with Crippen LogP contribution in [0.1, 0.15) is 28.4 Å². The topological polar surface area (TPSA) is 126 Å². The summed E-state index contributed by atoms with van der Waals surface area (Å²) in [5.74, 6) is -0.311. The molecule has 34 heavy (non-hydrogen) atoms. The molecule has 2 aromatic heterocycles. The zero-order chi connectivity index (χ0) is 24.6. The zero-order valence-corrected chi connectivity index (χ0v) is 20.6. The summed E-state index contributed by atoms with van der Waals surface area (Å²) in [6.07, 6.45) is 6.38. The highest BCUT2D eigenvalue weighted by Crippen LogP contribution is 2.31. The first-order valence-corrected chi connectivity index (χ1v) is 12.8. The van der Waals surface area contributed by atoms with Crippen molar-refractivity contribution in [2.75, 3.05) is 32.1 Å². The number of likely N-dealkylation sites (N-methyl/N-ethyl adjacent to an activating group) is 1. The Balaban J connectivity index is 1.62. The van der Waals surface area contributed by atoms with Crippen molar-refractivity contribution in [1.82, 2.24) is 29.1 Å². The van der Waals surface area contributed by atoms with Crippen molar-refractivity contribution in [3.63, 3.8) is 0 Å². The highest BCUT2D eigenvalue weighted by atomic mass is 35.5. The molecule has 3 aromatic rings. The van der Waals surface area contributed by atoms with Crippen molar-refractivity contribution < 1.29 is 13.2 Å². The van der Waals surface area contributed by atoms with Crippen molar-refractivity contribution in [2.24, 2.45) is 0 Å². The quantitative estimate of drug-likeness (QED) is 0.503. The maximum Gasteiger partial charge on any atom is 0.259 e. The van der Waals surface area contributed by atoms with E-state index in [1.54, 1.807) is 18.5 Å². The molecule has 0 saturated heterocycles. The van der Waals surface area contributed by atoms with Crippen molar-refractivity contribution in [1.29, 1.82) is 0 Å². The molecule has 0 fully saturated rings. The van der Waals surface area contributed by atoms with Crippen molar-refractivity contribution in [2.45, 2.75) is 19.5 Å². The van der Waals surface area contributed by atoms with Gasteiger partial charge in [0.25, 0.3) is 5.91 Å². The van der Waals surface area contributed by atoms with Gasteiger partial charge >= 0.3 is 0 Å². The standard InChI is InChI=1S/C22H26ClN7O3S/c1-14(26-22(31)19-20(24)27-30-9-5-8-25-21(19)30)18-12-15-6-4-7-17(23)16(15)13-29(18)11-10-28(2)34(3,32)33/h4-9,12,14H,10-11,13H2,1-3H3,(H2,24,27)(H,26,31). The van der Waals surface area contributed by atoms with Crippen LogP contribution in [0.15, 0.2) is 42.4 Å². The molecule has 0 saturated carbocycles. The molecule has 180 valence electrons. The van der Waals surface area contributed by atoms with Gasteiger partial charge in [0.2, 0.25) is 10.0 Å². The number of nitrogens with zero attached hydrogens (tertiary/aromatic N) is 5. The number of hydrogen-bond donors (Lipinski definition) is 2. The van der Waals surface area contributed by atoms with Gasteiger partial charge in [-0.1, -0.05) is 23.7 Å². The molecule has 3 heterocycles. The third-order valence-corrected chi connectivity index (χ3v) is 7.53. The molecule has 1 unspecified atom stereocenters. The second-order valence-corrected chi connectivity index (χ2v) is 10.7. The van der Waals surface area contributed by atoms with Crippen LogP contribution < -0.4 is 11.1 Å². The number of nitrogens with one attached hydrogen (secondary N) is 1. The van der Waals surface area contributed by atoms with Crippen molar-refractivity contribution in [3.8, 4) is 0 Å². The second-order valence-electron chi connectivity index (χ2n) is 8.23. The number of halogens is 1. The van der Waals surface area contributed by atoms with Gasteiger partial charge in [-0.25, -0.2) is 22.2 Å². The number of anilines is 1. The zero-order valence-electron chi connectivity index (χ0n) is 19.1. The fourth-order valence-corrected chi connectivity index (χ4v) is 4.56. The smallest absolute Gasteiger partial charge is 0.259 e. The number of carbonyl (C=O) groups is 1. The highest BCUT2D eigenvalue weighted by molar-refractivity contribution is 7.88. The molecule has 1 aliphatic heterocycles. The summed E-state index contributed by atoms with van der Waals surface area (Å²) < 4.78 is 26.5. The molecule has 1 atom stereocenters. The average molecular weight is 504 g/mol. The van der Waals surface area contributed by atoms with Crippen LogP contribution in [0.4, 0.5) is 5.82 Å². The number of nitrogen functional groups attached to an aromatic ring is 1. The molecule has 12 heteroatoms. The van der Waals surface area contributed by atoms with Crippen LogP contribution >= 0.6 is 11.6 Å². The lowest BCUT2D eigenvalue weighted by Crippen LogP contribution is -2.43. The third kappa shape index (κ3) is 4.72. The van der Waals surface area contributed by atoms with E-state index in [0.717, 1.165) is 16.8 Å². The van der Waals surface area contributed by atoms with Gasteiger partial charge in [-0.15, -0.1) is 5.10 Å². The first kappa shape index (κ1) is 24.0. The van der Waals surface area contributed by atoms with Crippen LogP contribution in [-0.2, 0) is 16.6 Å². The van der Waals surface area contributed by atoms with E-state index >= 15 is 0 Å². The van der Waals surface area contributed by atoms with Crippen LogP contribution in [-0.4, -0.2) is 70.6 Å². The molecule has 0 bridgehead atoms. The number of rotatable bonds is 7. The molecule has 0 aliphatic carbocycles. The second kappa shape index (κ2) is 9.24. The van der Waals surface area contributed by atoms with E-state index in [-0.39, 0.29) is 17.9 Å². The number of fused-ring (bicyclic) bond motifs is 2. The number of carbonyl (C=O) groups excluding carboxylic acids is 1. The molecule has 1 amide bonds. The SMILES string of the molecule is CC(NC(=O)c1c(N)nn2cccnc12)C1=Cc2cccc(Cl)c2CN1CCN(C)S(C)(=O)=O. The lowest BCUT2D eigenvalue weighted by Gasteiger charge is -2.36. The van der Waals surface area contributed by atoms with Gasteiger partial charge in [-0.2, -0.15) is 0 Å². The van der Waals surface area contributed by atoms with E-state index in [9.17, 15) is 13.2 Å². The molecule has 10 nitrogen and oxygen atoms in total. The molecule has 0 radical (unpaired) electrons. The molecule has 1 aromatic carbocycles. The van der Waals surface area contributed by atoms with Crippen LogP contribution in [0.25, 0.3) is 11.7 Å². The predicted octanol–water partition coefficient (Wildman–Crippen LogP) is 1.83. The maximum absolute atomic E-state index is 13.2. The Labute approximate surface area is 203 Å². The van der Waals surface area contributed by atoms with E-state index in [4.69, 9.17) is 17.3 Å². The van der Waals surface area contributed by atoms with Gasteiger partial charge in [-0.3, -0.25) is 4.79 Å². The van der Waals surface area contributed by atoms with Gasteiger partial charge in [0.1, 0.15) is 5.56 Å². The number of nitrogens with two attached hydrogens (primary N) is 1. The Morgan fingerprint density at radius 1 is 1.35 bits per heavy atom. The Morgan fingerprint density at radius 2 is 2.12 bits per heavy atom. The lowest BCUT2D eigenvalue weighted by molar-refractivity contribution is 0.0941. The fraction of sp³-hybridized carbons (Fsp3) is 0.318. The maximum atomic E-state index is 13.2. The summed E-state index contributed by atoms with van der Waals surface area (Å²) in [5.41, 5.74) is 9.30. The van der Waals surface area contributed by atoms with E-state index in [0.29, 0.717) is 23.8 Å². The van der Waals surface area contributed by atoms with Gasteiger partial charge in [0, 0.05) is 49.8 Å². The van der Waals surface area contributed by atoms with Gasteiger partial charge in [-0.05, 0) is 36.3 Å². The Morgan fingerprint density at radius 3 is 2.85 bits per heavy atom. The minimum Gasteiger partial charge on any atom is -0.381 e. The van der Waals surface area contributed by atoms with Crippen molar-refractivity contribution >= 4 is 45.1 Å². The number of aromatic nitrogens is 3. The number of sulfonamides is 1. The summed E-state index contributed by atoms with van der Waals surface area (Å²) in [6.45, 7) is 3.04. The molecule has 3 N–H and O–H groups in total. The largest absolute Gasteiger partial charge is 0.381 e. The lowest BCUT2D eigenvalue weighted by atomic mass is 9.98. The molecule has 4 rings (SSSR count). The third-order valence-electron chi connectivity index (χ3n) is 5.86. The number of benzene rings is 1. The Kier molecular flexibility index (Phi) is 6.52. The monoisotopic (exact) mass is 503 g/mol. The van der Waals surface area contributed by atoms with E-state index in [1.807, 2.05) is 36.1 Å². The predicted molar refractivity (Wildman–Crippen MR) is 132 cm³/mol. The van der Waals surface area contributed by atoms with E-state index < -0.39 is 22.0 Å². The number of hydrogen-bond acceptors (Lipinski definition) is 7. The van der Waals surface area contributed by atoms with Crippen LogP contribution in [0, 0.1) is 0 Å². The Bertz CT molecular complexity index is 1390. The van der Waals surface area contributed by atoms with E-state index in [2.05, 4.69) is 15.4 Å². The fourth-order valence-electron chi connectivity index (χ4n) is 3.91. The first-order chi connectivity index (χ1) is 16.1. The Hall–Kier alpha value is -3.15. The molecular formula is C22H26ClN7O3S. The summed E-state index contributed by atoms with van der Waals surface area (Å²) in [4.78, 5) is 19.4. The van der Waals surface area contributed by atoms with Gasteiger partial charge < -0.3 is 16.0 Å². The summed E-state index contributed by atoms with van der Waals surface area (Å²) in [7, 11) is -1.79. The van der Waals surface area contributed by atoms with Gasteiger partial charge in [0.15, 0.2) is 11.5 Å². The molecular weight excluding hydrogens is 478 g/mol. The minimum absolute atomic E-state index is 0.0878. The molecule has 0 spiro atoms. The van der Waals surface area contributed by atoms with Gasteiger partial charge in [0.05, 0.1) is 12.3 Å². The normalized spacial score (nSPS) is 14.7. The van der Waals surface area contributed by atoms with Crippen LogP contribution in [0.5, 0.6) is 0 Å². The van der Waals surface area contributed by atoms with Crippen molar-refractivity contribution in [3.05, 3.63) is 64.1 Å². The number of amides is 1. The molecule has 1 aliphatic rings. The highest BCUT2D eigenvalue weighted by Gasteiger charge is 2.27. The first-order valence-electron chi connectivity index (χ1n) is 10.6. The van der Waals surface area contributed by atoms with Crippen LogP contribution in [0.3, 0.4) is 0 Å². The summed E-state index contributed by atoms with van der Waals surface area (Å²) in [5, 5.41) is 7.78.